The second-order valence-corrected chi connectivity index (χ2v) is 15.9. The van der Waals surface area contributed by atoms with Gasteiger partial charge in [0.15, 0.2) is 12.4 Å². The molecule has 0 aliphatic heterocycles. The third-order valence-electron chi connectivity index (χ3n) is 11.4. The zero-order valence-corrected chi connectivity index (χ0v) is 33.0. The molecule has 0 saturated carbocycles. The highest BCUT2D eigenvalue weighted by molar-refractivity contribution is 4.84. The Labute approximate surface area is 298 Å². The molecule has 1 heterocycles. The molecule has 0 spiro atoms. The van der Waals surface area contributed by atoms with Crippen LogP contribution >= 0.6 is 0 Å². The fourth-order valence-corrected chi connectivity index (χ4v) is 8.02. The number of nitrogens with zero attached hydrogens (tertiary/aromatic N) is 1. The Morgan fingerprint density at radius 2 is 0.553 bits per heavy atom. The molecule has 1 rings (SSSR count). The Morgan fingerprint density at radius 3 is 0.830 bits per heavy atom. The molecule has 0 aromatic carbocycles. The van der Waals surface area contributed by atoms with E-state index in [2.05, 4.69) is 55.9 Å². The Bertz CT molecular complexity index is 683. The maximum Gasteiger partial charge on any atom is 0.168 e. The highest BCUT2D eigenvalue weighted by atomic mass is 14.9. The van der Waals surface area contributed by atoms with Crippen LogP contribution in [0.4, 0.5) is 0 Å². The Hall–Kier alpha value is -0.850. The lowest BCUT2D eigenvalue weighted by atomic mass is 9.71. The molecule has 0 saturated heterocycles. The molecule has 47 heavy (non-hydrogen) atoms. The average molecular weight is 655 g/mol. The molecular weight excluding hydrogens is 567 g/mol. The van der Waals surface area contributed by atoms with Crippen LogP contribution in [0.2, 0.25) is 0 Å². The van der Waals surface area contributed by atoms with Crippen molar-refractivity contribution in [3.05, 3.63) is 30.6 Å². The van der Waals surface area contributed by atoms with Crippen molar-refractivity contribution < 1.29 is 4.57 Å². The lowest BCUT2D eigenvalue weighted by Crippen LogP contribution is -2.36. The van der Waals surface area contributed by atoms with E-state index in [-0.39, 0.29) is 0 Å². The van der Waals surface area contributed by atoms with Crippen LogP contribution in [0.5, 0.6) is 0 Å². The Morgan fingerprint density at radius 1 is 0.298 bits per heavy atom. The molecule has 0 bridgehead atoms. The summed E-state index contributed by atoms with van der Waals surface area (Å²) in [5.74, 6) is 0. The molecule has 1 aromatic heterocycles. The molecule has 1 nitrogen and oxygen atoms in total. The van der Waals surface area contributed by atoms with Crippen molar-refractivity contribution in [2.45, 2.75) is 258 Å². The maximum atomic E-state index is 2.47. The third kappa shape index (κ3) is 28.7. The van der Waals surface area contributed by atoms with Gasteiger partial charge in [0.1, 0.15) is 6.54 Å². The minimum Gasteiger partial charge on any atom is -0.205 e. The summed E-state index contributed by atoms with van der Waals surface area (Å²) in [6.07, 6.45) is 56.9. The van der Waals surface area contributed by atoms with Crippen molar-refractivity contribution in [3.63, 3.8) is 0 Å². The van der Waals surface area contributed by atoms with Gasteiger partial charge in [-0.25, -0.2) is 4.57 Å². The van der Waals surface area contributed by atoms with Crippen molar-refractivity contribution in [1.29, 1.82) is 0 Å². The van der Waals surface area contributed by atoms with E-state index in [1.165, 1.54) is 238 Å². The second kappa shape index (κ2) is 35.0. The van der Waals surface area contributed by atoms with Gasteiger partial charge in [-0.05, 0) is 24.7 Å². The van der Waals surface area contributed by atoms with E-state index in [4.69, 9.17) is 0 Å². The first-order valence-electron chi connectivity index (χ1n) is 22.2. The van der Waals surface area contributed by atoms with Crippen LogP contribution in [0.1, 0.15) is 252 Å². The standard InChI is InChI=1S/C46H88N/c1-4-7-10-13-16-19-21-23-25-28-31-35-40-46(42-45-47-43-37-33-38-44-47,39-34-30-27-18-15-12-9-6-3)41-36-32-29-26-24-22-20-17-14-11-8-5-2/h33,37-38,43-44H,4-32,34-36,39-42,45H2,1-3H3/q+1. The molecule has 0 aliphatic rings. The third-order valence-corrected chi connectivity index (χ3v) is 11.4. The summed E-state index contributed by atoms with van der Waals surface area (Å²) in [5, 5.41) is 0. The van der Waals surface area contributed by atoms with Gasteiger partial charge in [0.25, 0.3) is 0 Å². The molecule has 1 heteroatoms. The van der Waals surface area contributed by atoms with Crippen molar-refractivity contribution >= 4 is 0 Å². The fourth-order valence-electron chi connectivity index (χ4n) is 8.02. The summed E-state index contributed by atoms with van der Waals surface area (Å²) in [4.78, 5) is 0. The van der Waals surface area contributed by atoms with E-state index in [1.54, 1.807) is 0 Å². The van der Waals surface area contributed by atoms with E-state index >= 15 is 0 Å². The largest absolute Gasteiger partial charge is 0.205 e. The van der Waals surface area contributed by atoms with Crippen LogP contribution in [0.3, 0.4) is 0 Å². The van der Waals surface area contributed by atoms with E-state index in [0.717, 1.165) is 0 Å². The van der Waals surface area contributed by atoms with Crippen molar-refractivity contribution in [2.24, 2.45) is 5.41 Å². The Balaban J connectivity index is 2.55. The molecule has 0 unspecified atom stereocenters. The molecule has 0 atom stereocenters. The summed E-state index contributed by atoms with van der Waals surface area (Å²) >= 11 is 0. The first-order valence-corrected chi connectivity index (χ1v) is 22.2. The minimum absolute atomic E-state index is 0.558. The highest BCUT2D eigenvalue weighted by Crippen LogP contribution is 2.41. The number of unbranched alkanes of at least 4 members (excludes halogenated alkanes) is 29. The van der Waals surface area contributed by atoms with Gasteiger partial charge in [0.05, 0.1) is 0 Å². The molecule has 0 N–H and O–H groups in total. The van der Waals surface area contributed by atoms with Gasteiger partial charge in [0.2, 0.25) is 0 Å². The molecule has 0 radical (unpaired) electrons. The second-order valence-electron chi connectivity index (χ2n) is 15.9. The summed E-state index contributed by atoms with van der Waals surface area (Å²) in [6, 6.07) is 6.61. The van der Waals surface area contributed by atoms with Crippen LogP contribution < -0.4 is 4.57 Å². The van der Waals surface area contributed by atoms with Gasteiger partial charge in [-0.1, -0.05) is 232 Å². The predicted molar refractivity (Wildman–Crippen MR) is 212 cm³/mol. The molecule has 0 aliphatic carbocycles. The van der Waals surface area contributed by atoms with Gasteiger partial charge < -0.3 is 0 Å². The highest BCUT2D eigenvalue weighted by Gasteiger charge is 2.30. The van der Waals surface area contributed by atoms with Crippen LogP contribution in [0.25, 0.3) is 0 Å². The summed E-state index contributed by atoms with van der Waals surface area (Å²) < 4.78 is 2.47. The SMILES string of the molecule is CCCCCCCCCCCCCCC(CCCCCCCCCC)(CCCCCCCCCCCCCC)CC[n+]1ccccc1. The number of aromatic nitrogens is 1. The summed E-state index contributed by atoms with van der Waals surface area (Å²) in [7, 11) is 0. The van der Waals surface area contributed by atoms with Crippen molar-refractivity contribution in [3.8, 4) is 0 Å². The lowest BCUT2D eigenvalue weighted by Gasteiger charge is -2.34. The van der Waals surface area contributed by atoms with Gasteiger partial charge in [-0.2, -0.15) is 0 Å². The normalized spacial score (nSPS) is 11.9. The predicted octanol–water partition coefficient (Wildman–Crippen LogP) is 16.1. The first-order chi connectivity index (χ1) is 23.3. The molecule has 0 amide bonds. The quantitative estimate of drug-likeness (QED) is 0.0493. The minimum atomic E-state index is 0.558. The van der Waals surface area contributed by atoms with E-state index < -0.39 is 0 Å². The number of pyridine rings is 1. The van der Waals surface area contributed by atoms with E-state index in [9.17, 15) is 0 Å². The van der Waals surface area contributed by atoms with Gasteiger partial charge in [0, 0.05) is 18.6 Å². The van der Waals surface area contributed by atoms with Gasteiger partial charge >= 0.3 is 0 Å². The van der Waals surface area contributed by atoms with Crippen LogP contribution in [-0.2, 0) is 6.54 Å². The summed E-state index contributed by atoms with van der Waals surface area (Å²) in [5.41, 5.74) is 0.558. The van der Waals surface area contributed by atoms with Gasteiger partial charge in [-0.15, -0.1) is 0 Å². The average Bonchev–Trinajstić information content (AvgIpc) is 3.09. The summed E-state index contributed by atoms with van der Waals surface area (Å²) in [6.45, 7) is 8.18. The van der Waals surface area contributed by atoms with E-state index in [0.29, 0.717) is 5.41 Å². The maximum absolute atomic E-state index is 2.47. The van der Waals surface area contributed by atoms with Crippen molar-refractivity contribution in [1.82, 2.24) is 0 Å². The monoisotopic (exact) mass is 655 g/mol. The van der Waals surface area contributed by atoms with Crippen LogP contribution in [0, 0.1) is 5.41 Å². The molecular formula is C46H88N+. The zero-order valence-electron chi connectivity index (χ0n) is 33.0. The number of rotatable bonds is 38. The van der Waals surface area contributed by atoms with E-state index in [1.807, 2.05) is 0 Å². The number of hydrogen-bond donors (Lipinski definition) is 0. The first kappa shape index (κ1) is 44.2. The zero-order chi connectivity index (χ0) is 33.8. The molecule has 0 fully saturated rings. The fraction of sp³-hybridized carbons (Fsp3) is 0.891. The van der Waals surface area contributed by atoms with Gasteiger partial charge in [-0.3, -0.25) is 0 Å². The van der Waals surface area contributed by atoms with Crippen molar-refractivity contribution in [2.75, 3.05) is 0 Å². The Kier molecular flexibility index (Phi) is 32.9. The van der Waals surface area contributed by atoms with Crippen LogP contribution in [-0.4, -0.2) is 0 Å². The van der Waals surface area contributed by atoms with Crippen LogP contribution in [0.15, 0.2) is 30.6 Å². The lowest BCUT2D eigenvalue weighted by molar-refractivity contribution is -0.699. The number of hydrogen-bond acceptors (Lipinski definition) is 0. The number of aryl methyl sites for hydroxylation is 1. The molecule has 276 valence electrons. The smallest absolute Gasteiger partial charge is 0.168 e. The topological polar surface area (TPSA) is 3.88 Å². The molecule has 1 aromatic rings.